The standard InChI is InChI=1S/C5H10O4S/c1-4(2)3-5(6)9-10(7)8/h4,10H,3H2,1-2H3. The fraction of sp³-hybridized carbons (Fsp3) is 0.800. The SMILES string of the molecule is CC(C)CC(=O)O[SH](=O)=O. The highest BCUT2D eigenvalue weighted by Gasteiger charge is 2.05. The van der Waals surface area contributed by atoms with E-state index in [0.717, 1.165) is 0 Å². The minimum absolute atomic E-state index is 0.127. The number of thiol groups is 1. The Labute approximate surface area is 61.3 Å². The summed E-state index contributed by atoms with van der Waals surface area (Å²) in [6, 6.07) is 0. The molecular formula is C5H10O4S. The minimum Gasteiger partial charge on any atom is -0.348 e. The summed E-state index contributed by atoms with van der Waals surface area (Å²) in [4.78, 5) is 10.5. The van der Waals surface area contributed by atoms with E-state index in [1.807, 2.05) is 0 Å². The molecule has 0 spiro atoms. The van der Waals surface area contributed by atoms with Crippen LogP contribution in [0.1, 0.15) is 20.3 Å². The molecular weight excluding hydrogens is 156 g/mol. The van der Waals surface area contributed by atoms with E-state index in [1.54, 1.807) is 13.8 Å². The Hall–Kier alpha value is -0.580. The summed E-state index contributed by atoms with van der Waals surface area (Å²) in [7, 11) is -3.02. The highest BCUT2D eigenvalue weighted by atomic mass is 32.2. The van der Waals surface area contributed by atoms with Gasteiger partial charge in [0.15, 0.2) is 0 Å². The molecule has 0 aliphatic carbocycles. The largest absolute Gasteiger partial charge is 0.348 e. The third-order valence-corrected chi connectivity index (χ3v) is 1.10. The Morgan fingerprint density at radius 2 is 2.00 bits per heavy atom. The molecule has 0 aromatic heterocycles. The van der Waals surface area contributed by atoms with Gasteiger partial charge in [-0.3, -0.25) is 4.79 Å². The molecule has 0 aliphatic rings. The first-order valence-corrected chi connectivity index (χ1v) is 3.97. The van der Waals surface area contributed by atoms with Crippen molar-refractivity contribution in [1.29, 1.82) is 0 Å². The van der Waals surface area contributed by atoms with E-state index in [9.17, 15) is 13.2 Å². The van der Waals surface area contributed by atoms with Crippen LogP contribution in [0.15, 0.2) is 0 Å². The maximum absolute atomic E-state index is 10.5. The van der Waals surface area contributed by atoms with E-state index in [0.29, 0.717) is 0 Å². The zero-order chi connectivity index (χ0) is 8.15. The average molecular weight is 166 g/mol. The van der Waals surface area contributed by atoms with E-state index in [-0.39, 0.29) is 12.3 Å². The maximum Gasteiger partial charge on any atom is 0.322 e. The van der Waals surface area contributed by atoms with Crippen LogP contribution in [0.3, 0.4) is 0 Å². The van der Waals surface area contributed by atoms with Gasteiger partial charge < -0.3 is 4.18 Å². The molecule has 0 unspecified atom stereocenters. The highest BCUT2D eigenvalue weighted by Crippen LogP contribution is 2.00. The van der Waals surface area contributed by atoms with Gasteiger partial charge in [0, 0.05) is 6.42 Å². The maximum atomic E-state index is 10.5. The molecule has 5 heteroatoms. The van der Waals surface area contributed by atoms with Crippen LogP contribution in [0.4, 0.5) is 0 Å². The lowest BCUT2D eigenvalue weighted by Gasteiger charge is -1.98. The van der Waals surface area contributed by atoms with Gasteiger partial charge in [0.2, 0.25) is 0 Å². The zero-order valence-corrected chi connectivity index (χ0v) is 6.76. The predicted octanol–water partition coefficient (Wildman–Crippen LogP) is 0.102. The number of carbonyl (C=O) groups is 1. The third kappa shape index (κ3) is 5.55. The summed E-state index contributed by atoms with van der Waals surface area (Å²) in [5, 5.41) is 0. The number of hydrogen-bond acceptors (Lipinski definition) is 4. The molecule has 0 bridgehead atoms. The van der Waals surface area contributed by atoms with Gasteiger partial charge in [0.05, 0.1) is 0 Å². The Balaban J connectivity index is 3.65. The molecule has 0 amide bonds. The second-order valence-corrected chi connectivity index (χ2v) is 2.91. The monoisotopic (exact) mass is 166 g/mol. The van der Waals surface area contributed by atoms with Crippen molar-refractivity contribution < 1.29 is 17.4 Å². The van der Waals surface area contributed by atoms with Gasteiger partial charge in [-0.25, -0.2) is 0 Å². The molecule has 60 valence electrons. The van der Waals surface area contributed by atoms with Crippen molar-refractivity contribution in [3.63, 3.8) is 0 Å². The van der Waals surface area contributed by atoms with Crippen LogP contribution in [0.5, 0.6) is 0 Å². The van der Waals surface area contributed by atoms with E-state index < -0.39 is 17.0 Å². The summed E-state index contributed by atoms with van der Waals surface area (Å²) in [5.74, 6) is -0.562. The molecule has 4 nitrogen and oxygen atoms in total. The lowest BCUT2D eigenvalue weighted by atomic mass is 10.1. The Bertz CT molecular complexity index is 174. The summed E-state index contributed by atoms with van der Waals surface area (Å²) in [6.45, 7) is 3.61. The average Bonchev–Trinajstić information content (AvgIpc) is 1.58. The molecule has 0 heterocycles. The summed E-state index contributed by atoms with van der Waals surface area (Å²) < 4.78 is 23.4. The predicted molar refractivity (Wildman–Crippen MR) is 35.9 cm³/mol. The van der Waals surface area contributed by atoms with Crippen molar-refractivity contribution >= 4 is 17.0 Å². The molecule has 0 aromatic rings. The van der Waals surface area contributed by atoms with Crippen molar-refractivity contribution in [2.24, 2.45) is 5.92 Å². The quantitative estimate of drug-likeness (QED) is 0.604. The number of hydrogen-bond donors (Lipinski definition) is 1. The van der Waals surface area contributed by atoms with E-state index >= 15 is 0 Å². The van der Waals surface area contributed by atoms with Gasteiger partial charge >= 0.3 is 17.0 Å². The van der Waals surface area contributed by atoms with Gasteiger partial charge in [-0.15, -0.1) is 0 Å². The van der Waals surface area contributed by atoms with Crippen LogP contribution in [0.25, 0.3) is 0 Å². The highest BCUT2D eigenvalue weighted by molar-refractivity contribution is 7.67. The van der Waals surface area contributed by atoms with Gasteiger partial charge in [-0.2, -0.15) is 8.42 Å². The van der Waals surface area contributed by atoms with E-state index in [1.165, 1.54) is 0 Å². The second-order valence-electron chi connectivity index (χ2n) is 2.28. The molecule has 0 N–H and O–H groups in total. The van der Waals surface area contributed by atoms with Gasteiger partial charge in [0.25, 0.3) is 0 Å². The van der Waals surface area contributed by atoms with E-state index in [4.69, 9.17) is 0 Å². The lowest BCUT2D eigenvalue weighted by molar-refractivity contribution is -0.134. The Morgan fingerprint density at radius 1 is 1.50 bits per heavy atom. The first kappa shape index (κ1) is 9.42. The van der Waals surface area contributed by atoms with Crippen molar-refractivity contribution in [2.45, 2.75) is 20.3 Å². The smallest absolute Gasteiger partial charge is 0.322 e. The Kier molecular flexibility index (Phi) is 4.02. The summed E-state index contributed by atoms with van der Waals surface area (Å²) in [5.41, 5.74) is 0. The minimum atomic E-state index is -3.02. The molecule has 0 atom stereocenters. The van der Waals surface area contributed by atoms with Crippen LogP contribution in [0, 0.1) is 5.92 Å². The van der Waals surface area contributed by atoms with Crippen molar-refractivity contribution in [3.05, 3.63) is 0 Å². The lowest BCUT2D eigenvalue weighted by Crippen LogP contribution is -2.06. The van der Waals surface area contributed by atoms with Crippen LogP contribution in [-0.2, 0) is 20.0 Å². The normalized spacial score (nSPS) is 10.4. The molecule has 0 aromatic carbocycles. The van der Waals surface area contributed by atoms with Crippen LogP contribution in [-0.4, -0.2) is 14.4 Å². The molecule has 0 fully saturated rings. The van der Waals surface area contributed by atoms with Crippen molar-refractivity contribution in [1.82, 2.24) is 0 Å². The molecule has 0 aliphatic heterocycles. The first-order chi connectivity index (χ1) is 4.52. The topological polar surface area (TPSA) is 60.4 Å². The van der Waals surface area contributed by atoms with E-state index in [2.05, 4.69) is 4.18 Å². The summed E-state index contributed by atoms with van der Waals surface area (Å²) in [6.07, 6.45) is 0.142. The molecule has 0 saturated carbocycles. The van der Waals surface area contributed by atoms with Crippen LogP contribution >= 0.6 is 0 Å². The Morgan fingerprint density at radius 3 is 2.30 bits per heavy atom. The molecule has 0 radical (unpaired) electrons. The van der Waals surface area contributed by atoms with Gasteiger partial charge in [-0.1, -0.05) is 13.8 Å². The third-order valence-electron chi connectivity index (χ3n) is 0.751. The molecule has 10 heavy (non-hydrogen) atoms. The first-order valence-electron chi connectivity index (χ1n) is 2.87. The van der Waals surface area contributed by atoms with Crippen LogP contribution < -0.4 is 0 Å². The number of rotatable bonds is 3. The van der Waals surface area contributed by atoms with Crippen molar-refractivity contribution in [3.8, 4) is 0 Å². The fourth-order valence-electron chi connectivity index (χ4n) is 0.454. The van der Waals surface area contributed by atoms with Crippen LogP contribution in [0.2, 0.25) is 0 Å². The summed E-state index contributed by atoms with van der Waals surface area (Å²) >= 11 is 0. The zero-order valence-electron chi connectivity index (χ0n) is 5.86. The van der Waals surface area contributed by atoms with Crippen molar-refractivity contribution in [2.75, 3.05) is 0 Å². The molecule has 0 saturated heterocycles. The number of carbonyl (C=O) groups excluding carboxylic acids is 1. The fourth-order valence-corrected chi connectivity index (χ4v) is 0.695. The van der Waals surface area contributed by atoms with Gasteiger partial charge in [0.1, 0.15) is 0 Å². The van der Waals surface area contributed by atoms with Gasteiger partial charge in [-0.05, 0) is 5.92 Å². The second kappa shape index (κ2) is 4.27. The molecule has 0 rings (SSSR count).